The first kappa shape index (κ1) is 19.4. The second-order valence-electron chi connectivity index (χ2n) is 5.93. The number of nitrogens with zero attached hydrogens (tertiary/aromatic N) is 1. The van der Waals surface area contributed by atoms with Gasteiger partial charge in [-0.15, -0.1) is 0 Å². The molecule has 1 atom stereocenters. The predicted octanol–water partition coefficient (Wildman–Crippen LogP) is 4.68. The molecule has 0 aliphatic rings. The molecule has 0 aliphatic carbocycles. The van der Waals surface area contributed by atoms with Gasteiger partial charge in [-0.3, -0.25) is 10.1 Å². The molecule has 0 saturated carbocycles. The molecule has 0 heterocycles. The first-order valence-electron chi connectivity index (χ1n) is 8.54. The minimum atomic E-state index is -0.277. The average Bonchev–Trinajstić information content (AvgIpc) is 2.42. The maximum absolute atomic E-state index is 10.2. The summed E-state index contributed by atoms with van der Waals surface area (Å²) in [5.41, 5.74) is 5.84. The second kappa shape index (κ2) is 14.8. The molecule has 0 rings (SSSR count). The van der Waals surface area contributed by atoms with Gasteiger partial charge in [-0.1, -0.05) is 77.6 Å². The van der Waals surface area contributed by atoms with Crippen molar-refractivity contribution in [2.75, 3.05) is 6.54 Å². The van der Waals surface area contributed by atoms with Crippen LogP contribution in [0, 0.1) is 10.1 Å². The van der Waals surface area contributed by atoms with E-state index in [0.717, 1.165) is 12.8 Å². The van der Waals surface area contributed by atoms with E-state index in [1.165, 1.54) is 64.2 Å². The molecule has 0 spiro atoms. The Morgan fingerprint density at radius 1 is 0.850 bits per heavy atom. The fourth-order valence-electron chi connectivity index (χ4n) is 2.49. The van der Waals surface area contributed by atoms with Crippen molar-refractivity contribution in [2.45, 2.75) is 96.4 Å². The largest absolute Gasteiger partial charge is 0.327 e. The van der Waals surface area contributed by atoms with Crippen molar-refractivity contribution in [1.82, 2.24) is 0 Å². The van der Waals surface area contributed by atoms with E-state index in [9.17, 15) is 10.1 Å². The number of unbranched alkanes of at least 4 members (excludes halogenated alkanes) is 10. The van der Waals surface area contributed by atoms with E-state index in [1.807, 2.05) is 0 Å². The van der Waals surface area contributed by atoms with Crippen molar-refractivity contribution in [3.05, 3.63) is 10.1 Å². The lowest BCUT2D eigenvalue weighted by atomic mass is 10.0. The van der Waals surface area contributed by atoms with Crippen LogP contribution in [0.25, 0.3) is 0 Å². The predicted molar refractivity (Wildman–Crippen MR) is 85.5 cm³/mol. The third kappa shape index (κ3) is 15.4. The Labute approximate surface area is 124 Å². The number of hydrogen-bond donors (Lipinski definition) is 1. The summed E-state index contributed by atoms with van der Waals surface area (Å²) in [6.07, 6.45) is 16.1. The molecule has 120 valence electrons. The quantitative estimate of drug-likeness (QED) is 0.270. The smallest absolute Gasteiger partial charge is 0.205 e. The molecule has 4 nitrogen and oxygen atoms in total. The van der Waals surface area contributed by atoms with Gasteiger partial charge in [-0.25, -0.2) is 0 Å². The Kier molecular flexibility index (Phi) is 14.3. The Balaban J connectivity index is 3.10. The average molecular weight is 286 g/mol. The highest BCUT2D eigenvalue weighted by atomic mass is 16.6. The molecule has 0 fully saturated rings. The van der Waals surface area contributed by atoms with Gasteiger partial charge in [0.2, 0.25) is 6.54 Å². The van der Waals surface area contributed by atoms with Crippen LogP contribution in [0.15, 0.2) is 0 Å². The Hall–Kier alpha value is -0.640. The zero-order chi connectivity index (χ0) is 15.1. The van der Waals surface area contributed by atoms with E-state index in [0.29, 0.717) is 6.42 Å². The summed E-state index contributed by atoms with van der Waals surface area (Å²) >= 11 is 0. The number of rotatable bonds is 15. The Bertz CT molecular complexity index is 223. The molecule has 0 aromatic carbocycles. The van der Waals surface area contributed by atoms with Crippen LogP contribution in [-0.2, 0) is 0 Å². The molecule has 4 heteroatoms. The fraction of sp³-hybridized carbons (Fsp3) is 1.00. The fourth-order valence-corrected chi connectivity index (χ4v) is 2.49. The van der Waals surface area contributed by atoms with Crippen LogP contribution in [0.1, 0.15) is 90.4 Å². The third-order valence-corrected chi connectivity index (χ3v) is 3.86. The van der Waals surface area contributed by atoms with E-state index < -0.39 is 0 Å². The molecule has 0 aromatic heterocycles. The minimum Gasteiger partial charge on any atom is -0.327 e. The van der Waals surface area contributed by atoms with Crippen LogP contribution in [0.4, 0.5) is 0 Å². The van der Waals surface area contributed by atoms with Crippen molar-refractivity contribution in [3.8, 4) is 0 Å². The molecule has 1 unspecified atom stereocenters. The lowest BCUT2D eigenvalue weighted by Gasteiger charge is -2.08. The standard InChI is InChI=1S/C16H34N2O2/c1-2-3-4-5-6-7-8-9-10-11-12-13-16(17)14-15-18(19)20/h16H,2-15,17H2,1H3. The van der Waals surface area contributed by atoms with E-state index in [-0.39, 0.29) is 17.5 Å². The van der Waals surface area contributed by atoms with E-state index in [1.54, 1.807) is 0 Å². The van der Waals surface area contributed by atoms with Gasteiger partial charge in [0.1, 0.15) is 0 Å². The van der Waals surface area contributed by atoms with Gasteiger partial charge >= 0.3 is 0 Å². The Morgan fingerprint density at radius 3 is 1.75 bits per heavy atom. The molecule has 0 bridgehead atoms. The number of nitro groups is 1. The molecule has 20 heavy (non-hydrogen) atoms. The monoisotopic (exact) mass is 286 g/mol. The van der Waals surface area contributed by atoms with Gasteiger partial charge in [-0.2, -0.15) is 0 Å². The van der Waals surface area contributed by atoms with Crippen molar-refractivity contribution in [3.63, 3.8) is 0 Å². The first-order chi connectivity index (χ1) is 9.66. The summed E-state index contributed by atoms with van der Waals surface area (Å²) in [7, 11) is 0. The van der Waals surface area contributed by atoms with Gasteiger partial charge in [-0.05, 0) is 6.42 Å². The molecule has 0 saturated heterocycles. The van der Waals surface area contributed by atoms with Crippen molar-refractivity contribution in [2.24, 2.45) is 5.73 Å². The summed E-state index contributed by atoms with van der Waals surface area (Å²) in [5.74, 6) is 0. The van der Waals surface area contributed by atoms with Crippen LogP contribution < -0.4 is 5.73 Å². The molecule has 0 aliphatic heterocycles. The van der Waals surface area contributed by atoms with Crippen molar-refractivity contribution in [1.29, 1.82) is 0 Å². The van der Waals surface area contributed by atoms with Gasteiger partial charge in [0.05, 0.1) is 0 Å². The van der Waals surface area contributed by atoms with Crippen LogP contribution in [-0.4, -0.2) is 17.5 Å². The summed E-state index contributed by atoms with van der Waals surface area (Å²) in [5, 5.41) is 10.2. The molecule has 0 radical (unpaired) electrons. The third-order valence-electron chi connectivity index (χ3n) is 3.86. The van der Waals surface area contributed by atoms with Crippen molar-refractivity contribution < 1.29 is 4.92 Å². The number of hydrogen-bond acceptors (Lipinski definition) is 3. The summed E-state index contributed by atoms with van der Waals surface area (Å²) < 4.78 is 0. The Morgan fingerprint density at radius 2 is 1.30 bits per heavy atom. The zero-order valence-electron chi connectivity index (χ0n) is 13.3. The topological polar surface area (TPSA) is 69.2 Å². The van der Waals surface area contributed by atoms with E-state index in [4.69, 9.17) is 5.73 Å². The highest BCUT2D eigenvalue weighted by Crippen LogP contribution is 2.12. The van der Waals surface area contributed by atoms with Gasteiger partial charge in [0.25, 0.3) is 0 Å². The first-order valence-corrected chi connectivity index (χ1v) is 8.54. The van der Waals surface area contributed by atoms with E-state index in [2.05, 4.69) is 6.92 Å². The SMILES string of the molecule is CCCCCCCCCCCCCC(N)CC[N+](=O)[O-]. The van der Waals surface area contributed by atoms with Crippen LogP contribution >= 0.6 is 0 Å². The summed E-state index contributed by atoms with van der Waals surface area (Å²) in [4.78, 5) is 9.94. The molecular weight excluding hydrogens is 252 g/mol. The lowest BCUT2D eigenvalue weighted by molar-refractivity contribution is -0.480. The molecule has 2 N–H and O–H groups in total. The molecule has 0 amide bonds. The number of nitrogens with two attached hydrogens (primary N) is 1. The van der Waals surface area contributed by atoms with Crippen LogP contribution in [0.2, 0.25) is 0 Å². The van der Waals surface area contributed by atoms with E-state index >= 15 is 0 Å². The zero-order valence-corrected chi connectivity index (χ0v) is 13.3. The lowest BCUT2D eigenvalue weighted by Crippen LogP contribution is -2.23. The van der Waals surface area contributed by atoms with Crippen LogP contribution in [0.5, 0.6) is 0 Å². The summed E-state index contributed by atoms with van der Waals surface area (Å²) in [6.45, 7) is 2.27. The normalized spacial score (nSPS) is 12.5. The maximum atomic E-state index is 10.2. The summed E-state index contributed by atoms with van der Waals surface area (Å²) in [6, 6.07) is 0.0129. The highest BCUT2D eigenvalue weighted by Gasteiger charge is 2.06. The van der Waals surface area contributed by atoms with Gasteiger partial charge in [0.15, 0.2) is 0 Å². The highest BCUT2D eigenvalue weighted by molar-refractivity contribution is 4.60. The maximum Gasteiger partial charge on any atom is 0.205 e. The second-order valence-corrected chi connectivity index (χ2v) is 5.93. The van der Waals surface area contributed by atoms with Gasteiger partial charge in [0, 0.05) is 17.4 Å². The minimum absolute atomic E-state index is 0.0129. The van der Waals surface area contributed by atoms with Crippen molar-refractivity contribution >= 4 is 0 Å². The van der Waals surface area contributed by atoms with Crippen LogP contribution in [0.3, 0.4) is 0 Å². The molecular formula is C16H34N2O2. The molecule has 0 aromatic rings. The van der Waals surface area contributed by atoms with Gasteiger partial charge < -0.3 is 5.73 Å².